The minimum atomic E-state index is -0.275. The van der Waals surface area contributed by atoms with Gasteiger partial charge in [-0.25, -0.2) is 15.0 Å². The van der Waals surface area contributed by atoms with Crippen molar-refractivity contribution >= 4 is 27.7 Å². The van der Waals surface area contributed by atoms with Crippen LogP contribution in [0.2, 0.25) is 0 Å². The lowest BCUT2D eigenvalue weighted by Gasteiger charge is -2.06. The molecule has 1 amide bonds. The molecule has 0 aliphatic carbocycles. The van der Waals surface area contributed by atoms with Crippen LogP contribution in [-0.2, 0) is 0 Å². The fraction of sp³-hybridized carbons (Fsp3) is 0.0909. The molecule has 0 saturated carbocycles. The number of carbonyl (C=O) groups is 1. The molecule has 2 rings (SSSR count). The molecular formula is C11H9BrN4O. The van der Waals surface area contributed by atoms with E-state index in [1.807, 2.05) is 13.0 Å². The highest BCUT2D eigenvalue weighted by molar-refractivity contribution is 9.10. The van der Waals surface area contributed by atoms with Crippen molar-refractivity contribution in [2.45, 2.75) is 6.92 Å². The summed E-state index contributed by atoms with van der Waals surface area (Å²) in [5.41, 5.74) is 1.28. The van der Waals surface area contributed by atoms with Crippen molar-refractivity contribution in [3.05, 3.63) is 46.6 Å². The largest absolute Gasteiger partial charge is 0.306 e. The molecule has 0 atom stereocenters. The second-order valence-electron chi connectivity index (χ2n) is 3.40. The van der Waals surface area contributed by atoms with Crippen LogP contribution in [0.5, 0.6) is 0 Å². The zero-order valence-corrected chi connectivity index (χ0v) is 10.6. The van der Waals surface area contributed by atoms with Crippen LogP contribution in [0, 0.1) is 6.92 Å². The number of amides is 1. The molecule has 6 heteroatoms. The highest BCUT2D eigenvalue weighted by Crippen LogP contribution is 2.17. The number of aromatic nitrogens is 3. The van der Waals surface area contributed by atoms with E-state index in [2.05, 4.69) is 36.2 Å². The Bertz CT molecular complexity index is 544. The van der Waals surface area contributed by atoms with Crippen LogP contribution < -0.4 is 5.32 Å². The Morgan fingerprint density at radius 3 is 2.65 bits per heavy atom. The van der Waals surface area contributed by atoms with E-state index < -0.39 is 0 Å². The molecule has 2 heterocycles. The van der Waals surface area contributed by atoms with Gasteiger partial charge in [0.2, 0.25) is 0 Å². The summed E-state index contributed by atoms with van der Waals surface area (Å²) in [7, 11) is 0. The summed E-state index contributed by atoms with van der Waals surface area (Å²) in [5, 5.41) is 2.70. The summed E-state index contributed by atoms with van der Waals surface area (Å²) >= 11 is 3.31. The summed E-state index contributed by atoms with van der Waals surface area (Å²) in [4.78, 5) is 23.5. The van der Waals surface area contributed by atoms with Crippen molar-refractivity contribution in [1.82, 2.24) is 15.0 Å². The van der Waals surface area contributed by atoms with Crippen molar-refractivity contribution in [1.29, 1.82) is 0 Å². The Morgan fingerprint density at radius 2 is 2.00 bits per heavy atom. The SMILES string of the molecule is Cc1cc(Br)cnc1NC(=O)c1cncnc1. The van der Waals surface area contributed by atoms with Gasteiger partial charge in [-0.2, -0.15) is 0 Å². The Hall–Kier alpha value is -1.82. The number of hydrogen-bond acceptors (Lipinski definition) is 4. The van der Waals surface area contributed by atoms with Gasteiger partial charge in [0.1, 0.15) is 12.1 Å². The smallest absolute Gasteiger partial charge is 0.259 e. The van der Waals surface area contributed by atoms with Gasteiger partial charge in [0.15, 0.2) is 0 Å². The lowest BCUT2D eigenvalue weighted by molar-refractivity contribution is 0.102. The van der Waals surface area contributed by atoms with Crippen LogP contribution in [0.1, 0.15) is 15.9 Å². The van der Waals surface area contributed by atoms with Crippen LogP contribution in [0.25, 0.3) is 0 Å². The molecule has 0 aromatic carbocycles. The number of pyridine rings is 1. The topological polar surface area (TPSA) is 67.8 Å². The number of halogens is 1. The first-order chi connectivity index (χ1) is 8.16. The predicted molar refractivity (Wildman–Crippen MR) is 66.7 cm³/mol. The number of rotatable bonds is 2. The maximum Gasteiger partial charge on any atom is 0.259 e. The van der Waals surface area contributed by atoms with Gasteiger partial charge in [-0.1, -0.05) is 0 Å². The molecule has 0 fully saturated rings. The Morgan fingerprint density at radius 1 is 1.29 bits per heavy atom. The molecule has 17 heavy (non-hydrogen) atoms. The van der Waals surface area contributed by atoms with Crippen LogP contribution in [0.15, 0.2) is 35.5 Å². The van der Waals surface area contributed by atoms with Gasteiger partial charge >= 0.3 is 0 Å². The fourth-order valence-corrected chi connectivity index (χ4v) is 1.71. The quantitative estimate of drug-likeness (QED) is 0.921. The van der Waals surface area contributed by atoms with Crippen LogP contribution in [-0.4, -0.2) is 20.9 Å². The first-order valence-corrected chi connectivity index (χ1v) is 5.64. The first kappa shape index (κ1) is 11.7. The minimum absolute atomic E-state index is 0.275. The summed E-state index contributed by atoms with van der Waals surface area (Å²) < 4.78 is 0.871. The zero-order chi connectivity index (χ0) is 12.3. The Balaban J connectivity index is 2.19. The number of nitrogens with one attached hydrogen (secondary N) is 1. The molecular weight excluding hydrogens is 284 g/mol. The van der Waals surface area contributed by atoms with E-state index in [9.17, 15) is 4.79 Å². The number of nitrogens with zero attached hydrogens (tertiary/aromatic N) is 3. The second kappa shape index (κ2) is 5.01. The molecule has 0 unspecified atom stereocenters. The van der Waals surface area contributed by atoms with E-state index in [1.54, 1.807) is 6.20 Å². The molecule has 0 bridgehead atoms. The molecule has 0 aliphatic heterocycles. The van der Waals surface area contributed by atoms with Gasteiger partial charge in [-0.05, 0) is 34.5 Å². The third-order valence-electron chi connectivity index (χ3n) is 2.10. The van der Waals surface area contributed by atoms with Crippen LogP contribution in [0.3, 0.4) is 0 Å². The standard InChI is InChI=1S/C11H9BrN4O/c1-7-2-9(12)5-15-10(7)16-11(17)8-3-13-6-14-4-8/h2-6H,1H3,(H,15,16,17). The zero-order valence-electron chi connectivity index (χ0n) is 9.01. The number of anilines is 1. The van der Waals surface area contributed by atoms with Gasteiger partial charge in [-0.15, -0.1) is 0 Å². The van der Waals surface area contributed by atoms with Gasteiger partial charge < -0.3 is 5.32 Å². The molecule has 0 radical (unpaired) electrons. The summed E-state index contributed by atoms with van der Waals surface area (Å²) in [5.74, 6) is 0.255. The molecule has 86 valence electrons. The Kier molecular flexibility index (Phi) is 3.43. The molecule has 1 N–H and O–H groups in total. The van der Waals surface area contributed by atoms with Crippen molar-refractivity contribution in [3.8, 4) is 0 Å². The maximum absolute atomic E-state index is 11.8. The van der Waals surface area contributed by atoms with E-state index in [0.717, 1.165) is 10.0 Å². The average molecular weight is 293 g/mol. The number of aryl methyl sites for hydroxylation is 1. The predicted octanol–water partition coefficient (Wildman–Crippen LogP) is 2.19. The third kappa shape index (κ3) is 2.85. The van der Waals surface area contributed by atoms with Gasteiger partial charge in [0.25, 0.3) is 5.91 Å². The summed E-state index contributed by atoms with van der Waals surface area (Å²) in [6, 6.07) is 1.88. The molecule has 0 aliphatic rings. The first-order valence-electron chi connectivity index (χ1n) is 4.85. The lowest BCUT2D eigenvalue weighted by Crippen LogP contribution is -2.14. The average Bonchev–Trinajstić information content (AvgIpc) is 2.34. The van der Waals surface area contributed by atoms with E-state index in [1.165, 1.54) is 18.7 Å². The van der Waals surface area contributed by atoms with Crippen molar-refractivity contribution < 1.29 is 4.79 Å². The van der Waals surface area contributed by atoms with E-state index in [-0.39, 0.29) is 5.91 Å². The molecule has 0 saturated heterocycles. The third-order valence-corrected chi connectivity index (χ3v) is 2.53. The second-order valence-corrected chi connectivity index (χ2v) is 4.32. The lowest BCUT2D eigenvalue weighted by atomic mass is 10.2. The highest BCUT2D eigenvalue weighted by atomic mass is 79.9. The van der Waals surface area contributed by atoms with Crippen LogP contribution in [0.4, 0.5) is 5.82 Å². The van der Waals surface area contributed by atoms with E-state index >= 15 is 0 Å². The normalized spacial score (nSPS) is 10.0. The monoisotopic (exact) mass is 292 g/mol. The summed E-state index contributed by atoms with van der Waals surface area (Å²) in [6.07, 6.45) is 5.91. The van der Waals surface area contributed by atoms with Crippen molar-refractivity contribution in [3.63, 3.8) is 0 Å². The van der Waals surface area contributed by atoms with Gasteiger partial charge in [0.05, 0.1) is 5.56 Å². The number of hydrogen-bond donors (Lipinski definition) is 1. The summed E-state index contributed by atoms with van der Waals surface area (Å²) in [6.45, 7) is 1.87. The Labute approximate surface area is 106 Å². The van der Waals surface area contributed by atoms with E-state index in [4.69, 9.17) is 0 Å². The maximum atomic E-state index is 11.8. The molecule has 5 nitrogen and oxygen atoms in total. The van der Waals surface area contributed by atoms with Gasteiger partial charge in [-0.3, -0.25) is 4.79 Å². The molecule has 2 aromatic rings. The molecule has 0 spiro atoms. The van der Waals surface area contributed by atoms with Crippen molar-refractivity contribution in [2.24, 2.45) is 0 Å². The molecule has 2 aromatic heterocycles. The van der Waals surface area contributed by atoms with E-state index in [0.29, 0.717) is 11.4 Å². The van der Waals surface area contributed by atoms with Crippen molar-refractivity contribution in [2.75, 3.05) is 5.32 Å². The fourth-order valence-electron chi connectivity index (χ4n) is 1.27. The van der Waals surface area contributed by atoms with Gasteiger partial charge in [0, 0.05) is 23.1 Å². The highest BCUT2D eigenvalue weighted by Gasteiger charge is 2.08. The number of carbonyl (C=O) groups excluding carboxylic acids is 1. The van der Waals surface area contributed by atoms with Crippen LogP contribution >= 0.6 is 15.9 Å². The minimum Gasteiger partial charge on any atom is -0.306 e.